The van der Waals surface area contributed by atoms with Crippen LogP contribution in [0.15, 0.2) is 36.9 Å². The van der Waals surface area contributed by atoms with Crippen molar-refractivity contribution in [3.05, 3.63) is 42.5 Å². The summed E-state index contributed by atoms with van der Waals surface area (Å²) >= 11 is 0. The minimum Gasteiger partial charge on any atom is -0.326 e. The molecule has 0 fully saturated rings. The second kappa shape index (κ2) is 3.91. The molecule has 0 bridgehead atoms. The first-order valence-corrected chi connectivity index (χ1v) is 5.18. The molecule has 0 spiro atoms. The Morgan fingerprint density at radius 1 is 1.18 bits per heavy atom. The van der Waals surface area contributed by atoms with Gasteiger partial charge in [0.25, 0.3) is 0 Å². The van der Waals surface area contributed by atoms with Crippen LogP contribution in [-0.4, -0.2) is 24.6 Å². The van der Waals surface area contributed by atoms with Crippen molar-refractivity contribution >= 4 is 5.65 Å². The number of aromatic nitrogens is 5. The number of pyridine rings is 1. The quantitative estimate of drug-likeness (QED) is 0.693. The summed E-state index contributed by atoms with van der Waals surface area (Å²) in [5.74, 6) is 0.677. The molecule has 3 rings (SSSR count). The molecule has 0 aromatic carbocycles. The van der Waals surface area contributed by atoms with E-state index in [0.717, 1.165) is 16.9 Å². The average Bonchev–Trinajstić information content (AvgIpc) is 2.83. The van der Waals surface area contributed by atoms with Crippen molar-refractivity contribution in [3.63, 3.8) is 0 Å². The molecule has 0 radical (unpaired) electrons. The van der Waals surface area contributed by atoms with Crippen LogP contribution in [0.4, 0.5) is 0 Å². The van der Waals surface area contributed by atoms with E-state index in [1.165, 1.54) is 0 Å². The van der Waals surface area contributed by atoms with Gasteiger partial charge in [-0.3, -0.25) is 9.38 Å². The molecule has 84 valence electrons. The minimum atomic E-state index is 0.482. The van der Waals surface area contributed by atoms with Gasteiger partial charge in [0.2, 0.25) is 0 Å². The molecule has 0 aliphatic rings. The van der Waals surface area contributed by atoms with Crippen LogP contribution >= 0.6 is 0 Å². The monoisotopic (exact) mass is 226 g/mol. The van der Waals surface area contributed by atoms with Crippen molar-refractivity contribution in [1.29, 1.82) is 0 Å². The highest BCUT2D eigenvalue weighted by molar-refractivity contribution is 5.54. The van der Waals surface area contributed by atoms with Gasteiger partial charge in [0.05, 0.1) is 0 Å². The van der Waals surface area contributed by atoms with Gasteiger partial charge in [-0.2, -0.15) is 0 Å². The summed E-state index contributed by atoms with van der Waals surface area (Å²) in [6.45, 7) is 0.482. The van der Waals surface area contributed by atoms with Crippen LogP contribution in [-0.2, 0) is 6.54 Å². The van der Waals surface area contributed by atoms with Crippen molar-refractivity contribution in [2.24, 2.45) is 5.73 Å². The molecule has 0 aliphatic carbocycles. The van der Waals surface area contributed by atoms with E-state index in [2.05, 4.69) is 20.2 Å². The fourth-order valence-corrected chi connectivity index (χ4v) is 1.60. The maximum atomic E-state index is 5.53. The molecule has 2 N–H and O–H groups in total. The largest absolute Gasteiger partial charge is 0.326 e. The highest BCUT2D eigenvalue weighted by Crippen LogP contribution is 2.15. The highest BCUT2D eigenvalue weighted by Gasteiger charge is 2.08. The highest BCUT2D eigenvalue weighted by atomic mass is 15.3. The molecule has 0 saturated carbocycles. The average molecular weight is 226 g/mol. The van der Waals surface area contributed by atoms with E-state index in [4.69, 9.17) is 5.73 Å². The number of nitrogens with zero attached hydrogens (tertiary/aromatic N) is 5. The Balaban J connectivity index is 2.13. The third kappa shape index (κ3) is 1.64. The van der Waals surface area contributed by atoms with Crippen molar-refractivity contribution < 1.29 is 0 Å². The molecule has 6 nitrogen and oxygen atoms in total. The standard InChI is InChI=1S/C11H10N6/c12-5-8-1-2-9(14-6-8)11-16-15-10-3-4-13-7-17(10)11/h1-4,6-7H,5,12H2. The van der Waals surface area contributed by atoms with Gasteiger partial charge in [0.1, 0.15) is 12.0 Å². The molecule has 17 heavy (non-hydrogen) atoms. The normalized spacial score (nSPS) is 10.9. The van der Waals surface area contributed by atoms with E-state index >= 15 is 0 Å². The zero-order chi connectivity index (χ0) is 11.7. The molecule has 0 aliphatic heterocycles. The molecule has 0 saturated heterocycles. The summed E-state index contributed by atoms with van der Waals surface area (Å²) in [6.07, 6.45) is 5.09. The van der Waals surface area contributed by atoms with E-state index in [1.807, 2.05) is 12.1 Å². The fraction of sp³-hybridized carbons (Fsp3) is 0.0909. The fourth-order valence-electron chi connectivity index (χ4n) is 1.60. The Morgan fingerprint density at radius 3 is 2.88 bits per heavy atom. The van der Waals surface area contributed by atoms with Gasteiger partial charge in [0.15, 0.2) is 11.5 Å². The van der Waals surface area contributed by atoms with E-state index in [0.29, 0.717) is 12.4 Å². The summed E-state index contributed by atoms with van der Waals surface area (Å²) in [6, 6.07) is 5.61. The van der Waals surface area contributed by atoms with E-state index < -0.39 is 0 Å². The zero-order valence-corrected chi connectivity index (χ0v) is 8.98. The molecule has 0 unspecified atom stereocenters. The number of rotatable bonds is 2. The SMILES string of the molecule is NCc1ccc(-c2nnc3ccncn23)nc1. The van der Waals surface area contributed by atoms with Crippen LogP contribution in [0.2, 0.25) is 0 Å². The van der Waals surface area contributed by atoms with Gasteiger partial charge >= 0.3 is 0 Å². The van der Waals surface area contributed by atoms with E-state index in [9.17, 15) is 0 Å². The van der Waals surface area contributed by atoms with Crippen LogP contribution in [0.5, 0.6) is 0 Å². The summed E-state index contributed by atoms with van der Waals surface area (Å²) in [7, 11) is 0. The molecule has 6 heteroatoms. The molecule has 3 aromatic heterocycles. The maximum absolute atomic E-state index is 5.53. The topological polar surface area (TPSA) is 82.0 Å². The smallest absolute Gasteiger partial charge is 0.188 e. The first-order chi connectivity index (χ1) is 8.38. The van der Waals surface area contributed by atoms with Crippen LogP contribution in [0.1, 0.15) is 5.56 Å². The van der Waals surface area contributed by atoms with E-state index in [-0.39, 0.29) is 0 Å². The molecule has 3 aromatic rings. The first kappa shape index (κ1) is 9.86. The second-order valence-electron chi connectivity index (χ2n) is 3.59. The van der Waals surface area contributed by atoms with Crippen LogP contribution in [0.3, 0.4) is 0 Å². The maximum Gasteiger partial charge on any atom is 0.188 e. The minimum absolute atomic E-state index is 0.482. The molecular formula is C11H10N6. The Labute approximate surface area is 97.2 Å². The summed E-state index contributed by atoms with van der Waals surface area (Å²) < 4.78 is 1.80. The van der Waals surface area contributed by atoms with Crippen molar-refractivity contribution in [3.8, 4) is 11.5 Å². The van der Waals surface area contributed by atoms with Gasteiger partial charge in [-0.05, 0) is 11.6 Å². The van der Waals surface area contributed by atoms with Crippen molar-refractivity contribution in [2.75, 3.05) is 0 Å². The Bertz CT molecular complexity index is 642. The van der Waals surface area contributed by atoms with Gasteiger partial charge in [0, 0.05) is 25.0 Å². The Kier molecular flexibility index (Phi) is 2.27. The lowest BCUT2D eigenvalue weighted by Crippen LogP contribution is -1.98. The zero-order valence-electron chi connectivity index (χ0n) is 8.98. The predicted octanol–water partition coefficient (Wildman–Crippen LogP) is 0.645. The summed E-state index contributed by atoms with van der Waals surface area (Å²) in [5.41, 5.74) is 8.01. The molecule has 0 atom stereocenters. The molecule has 0 amide bonds. The van der Waals surface area contributed by atoms with Crippen LogP contribution in [0.25, 0.3) is 17.2 Å². The van der Waals surface area contributed by atoms with Gasteiger partial charge in [-0.15, -0.1) is 10.2 Å². The number of hydrogen-bond acceptors (Lipinski definition) is 5. The van der Waals surface area contributed by atoms with Crippen molar-refractivity contribution in [1.82, 2.24) is 24.6 Å². The second-order valence-corrected chi connectivity index (χ2v) is 3.59. The summed E-state index contributed by atoms with van der Waals surface area (Å²) in [5, 5.41) is 8.15. The van der Waals surface area contributed by atoms with Gasteiger partial charge < -0.3 is 5.73 Å². The third-order valence-corrected chi connectivity index (χ3v) is 2.50. The number of nitrogens with two attached hydrogens (primary N) is 1. The lowest BCUT2D eigenvalue weighted by atomic mass is 10.2. The first-order valence-electron chi connectivity index (χ1n) is 5.18. The third-order valence-electron chi connectivity index (χ3n) is 2.50. The summed E-state index contributed by atoms with van der Waals surface area (Å²) in [4.78, 5) is 8.35. The van der Waals surface area contributed by atoms with E-state index in [1.54, 1.807) is 29.2 Å². The Morgan fingerprint density at radius 2 is 2.12 bits per heavy atom. The predicted molar refractivity (Wildman–Crippen MR) is 61.9 cm³/mol. The lowest BCUT2D eigenvalue weighted by Gasteiger charge is -1.99. The number of fused-ring (bicyclic) bond motifs is 1. The Hall–Kier alpha value is -2.34. The van der Waals surface area contributed by atoms with Crippen molar-refractivity contribution in [2.45, 2.75) is 6.54 Å². The molecular weight excluding hydrogens is 216 g/mol. The van der Waals surface area contributed by atoms with Crippen LogP contribution in [0, 0.1) is 0 Å². The number of hydrogen-bond donors (Lipinski definition) is 1. The van der Waals surface area contributed by atoms with Gasteiger partial charge in [-0.1, -0.05) is 6.07 Å². The molecule has 3 heterocycles. The lowest BCUT2D eigenvalue weighted by molar-refractivity contribution is 1.03. The van der Waals surface area contributed by atoms with Crippen LogP contribution < -0.4 is 5.73 Å². The van der Waals surface area contributed by atoms with Gasteiger partial charge in [-0.25, -0.2) is 4.98 Å².